The molecule has 2 rings (SSSR count). The molecule has 0 heterocycles. The number of nitrogens with zero attached hydrogens (tertiary/aromatic N) is 1. The summed E-state index contributed by atoms with van der Waals surface area (Å²) in [6.07, 6.45) is 0.274. The molecule has 0 saturated carbocycles. The standard InChI is InChI=1S/C21H25BrN2O2/c1-15(2)23-21(26)16(3)24(14-18-9-11-19(22)12-10-18)20(25)13-17-7-5-4-6-8-17/h4-12,15-16H,13-14H2,1-3H3,(H,23,26)/t16-/m0/s1. The Balaban J connectivity index is 2.20. The molecule has 0 aliphatic heterocycles. The molecule has 0 fully saturated rings. The largest absolute Gasteiger partial charge is 0.352 e. The Morgan fingerprint density at radius 2 is 1.58 bits per heavy atom. The molecule has 0 aliphatic carbocycles. The van der Waals surface area contributed by atoms with Crippen molar-refractivity contribution in [1.29, 1.82) is 0 Å². The molecule has 2 amide bonds. The molecule has 138 valence electrons. The zero-order valence-electron chi connectivity index (χ0n) is 15.4. The predicted octanol–water partition coefficient (Wildman–Crippen LogP) is 3.93. The molecular weight excluding hydrogens is 392 g/mol. The van der Waals surface area contributed by atoms with Crippen LogP contribution in [-0.4, -0.2) is 28.8 Å². The van der Waals surface area contributed by atoms with Crippen molar-refractivity contribution in [2.45, 2.75) is 45.8 Å². The van der Waals surface area contributed by atoms with Crippen molar-refractivity contribution in [3.63, 3.8) is 0 Å². The summed E-state index contributed by atoms with van der Waals surface area (Å²) in [5.41, 5.74) is 1.92. The molecule has 0 bridgehead atoms. The van der Waals surface area contributed by atoms with E-state index in [1.807, 2.05) is 68.4 Å². The van der Waals surface area contributed by atoms with E-state index in [1.165, 1.54) is 0 Å². The Morgan fingerprint density at radius 1 is 0.962 bits per heavy atom. The van der Waals surface area contributed by atoms with Crippen molar-refractivity contribution < 1.29 is 9.59 Å². The molecule has 26 heavy (non-hydrogen) atoms. The van der Waals surface area contributed by atoms with Crippen LogP contribution in [0.3, 0.4) is 0 Å². The number of hydrogen-bond donors (Lipinski definition) is 1. The lowest BCUT2D eigenvalue weighted by Gasteiger charge is -2.29. The second-order valence-electron chi connectivity index (χ2n) is 6.65. The lowest BCUT2D eigenvalue weighted by atomic mass is 10.1. The third kappa shape index (κ3) is 5.99. The Bertz CT molecular complexity index is 729. The van der Waals surface area contributed by atoms with Crippen molar-refractivity contribution in [3.8, 4) is 0 Å². The van der Waals surface area contributed by atoms with Crippen LogP contribution in [0.15, 0.2) is 59.1 Å². The van der Waals surface area contributed by atoms with E-state index in [0.29, 0.717) is 6.54 Å². The number of amides is 2. The van der Waals surface area contributed by atoms with E-state index < -0.39 is 6.04 Å². The fraction of sp³-hybridized carbons (Fsp3) is 0.333. The van der Waals surface area contributed by atoms with Crippen molar-refractivity contribution in [1.82, 2.24) is 10.2 Å². The summed E-state index contributed by atoms with van der Waals surface area (Å²) in [4.78, 5) is 27.1. The van der Waals surface area contributed by atoms with Crippen LogP contribution in [0.1, 0.15) is 31.9 Å². The topological polar surface area (TPSA) is 49.4 Å². The Labute approximate surface area is 163 Å². The third-order valence-electron chi connectivity index (χ3n) is 4.06. The zero-order valence-corrected chi connectivity index (χ0v) is 17.0. The van der Waals surface area contributed by atoms with E-state index in [9.17, 15) is 9.59 Å². The van der Waals surface area contributed by atoms with E-state index in [4.69, 9.17) is 0 Å². The summed E-state index contributed by atoms with van der Waals surface area (Å²) < 4.78 is 0.981. The number of carbonyl (C=O) groups is 2. The summed E-state index contributed by atoms with van der Waals surface area (Å²) in [5.74, 6) is -0.205. The molecular formula is C21H25BrN2O2. The number of rotatable bonds is 7. The molecule has 4 nitrogen and oxygen atoms in total. The Morgan fingerprint density at radius 3 is 2.15 bits per heavy atom. The fourth-order valence-corrected chi connectivity index (χ4v) is 2.91. The van der Waals surface area contributed by atoms with Gasteiger partial charge in [-0.2, -0.15) is 0 Å². The van der Waals surface area contributed by atoms with Crippen LogP contribution in [0.5, 0.6) is 0 Å². The number of nitrogens with one attached hydrogen (secondary N) is 1. The molecule has 2 aromatic carbocycles. The summed E-state index contributed by atoms with van der Waals surface area (Å²) in [7, 11) is 0. The molecule has 1 N–H and O–H groups in total. The quantitative estimate of drug-likeness (QED) is 0.742. The number of hydrogen-bond acceptors (Lipinski definition) is 2. The van der Waals surface area contributed by atoms with Crippen molar-refractivity contribution in [2.24, 2.45) is 0 Å². The lowest BCUT2D eigenvalue weighted by Crippen LogP contribution is -2.49. The van der Waals surface area contributed by atoms with Gasteiger partial charge in [0.2, 0.25) is 11.8 Å². The highest BCUT2D eigenvalue weighted by atomic mass is 79.9. The minimum absolute atomic E-state index is 0.0312. The van der Waals surface area contributed by atoms with Gasteiger partial charge < -0.3 is 10.2 Å². The first-order valence-electron chi connectivity index (χ1n) is 8.75. The van der Waals surface area contributed by atoms with Gasteiger partial charge in [0.05, 0.1) is 6.42 Å². The van der Waals surface area contributed by atoms with Gasteiger partial charge in [-0.25, -0.2) is 0 Å². The number of benzene rings is 2. The Kier molecular flexibility index (Phi) is 7.39. The van der Waals surface area contributed by atoms with Gasteiger partial charge in [0.25, 0.3) is 0 Å². The first-order valence-corrected chi connectivity index (χ1v) is 9.54. The summed E-state index contributed by atoms with van der Waals surface area (Å²) in [5, 5.41) is 2.90. The van der Waals surface area contributed by atoms with Crippen LogP contribution in [0.25, 0.3) is 0 Å². The van der Waals surface area contributed by atoms with Gasteiger partial charge in [-0.1, -0.05) is 58.4 Å². The minimum atomic E-state index is -0.544. The Hall–Kier alpha value is -2.14. The molecule has 0 unspecified atom stereocenters. The van der Waals surface area contributed by atoms with Crippen LogP contribution in [0, 0.1) is 0 Å². The SMILES string of the molecule is CC(C)NC(=O)[C@H](C)N(Cc1ccc(Br)cc1)C(=O)Cc1ccccc1. The molecule has 0 saturated heterocycles. The summed E-state index contributed by atoms with van der Waals surface area (Å²) >= 11 is 3.42. The van der Waals surface area contributed by atoms with Crippen molar-refractivity contribution in [3.05, 3.63) is 70.2 Å². The molecule has 5 heteroatoms. The van der Waals surface area contributed by atoms with Crippen LogP contribution in [0.2, 0.25) is 0 Å². The van der Waals surface area contributed by atoms with Gasteiger partial charge in [-0.05, 0) is 44.0 Å². The molecule has 0 aromatic heterocycles. The highest BCUT2D eigenvalue weighted by molar-refractivity contribution is 9.10. The van der Waals surface area contributed by atoms with E-state index in [2.05, 4.69) is 21.2 Å². The zero-order chi connectivity index (χ0) is 19.1. The highest BCUT2D eigenvalue weighted by Gasteiger charge is 2.26. The first-order chi connectivity index (χ1) is 12.4. The van der Waals surface area contributed by atoms with Crippen LogP contribution < -0.4 is 5.32 Å². The average Bonchev–Trinajstić information content (AvgIpc) is 2.60. The number of carbonyl (C=O) groups excluding carboxylic acids is 2. The maximum absolute atomic E-state index is 13.0. The molecule has 1 atom stereocenters. The van der Waals surface area contributed by atoms with Gasteiger partial charge in [0, 0.05) is 17.1 Å². The van der Waals surface area contributed by atoms with E-state index in [0.717, 1.165) is 15.6 Å². The fourth-order valence-electron chi connectivity index (χ4n) is 2.65. The van der Waals surface area contributed by atoms with E-state index >= 15 is 0 Å². The van der Waals surface area contributed by atoms with Gasteiger partial charge in [0.1, 0.15) is 6.04 Å². The maximum atomic E-state index is 13.0. The van der Waals surface area contributed by atoms with Crippen LogP contribution in [-0.2, 0) is 22.6 Å². The van der Waals surface area contributed by atoms with E-state index in [1.54, 1.807) is 11.8 Å². The third-order valence-corrected chi connectivity index (χ3v) is 4.59. The second kappa shape index (κ2) is 9.53. The maximum Gasteiger partial charge on any atom is 0.242 e. The smallest absolute Gasteiger partial charge is 0.242 e. The molecule has 0 radical (unpaired) electrons. The van der Waals surface area contributed by atoms with Crippen molar-refractivity contribution >= 4 is 27.7 Å². The van der Waals surface area contributed by atoms with Gasteiger partial charge in [-0.3, -0.25) is 9.59 Å². The molecule has 2 aromatic rings. The minimum Gasteiger partial charge on any atom is -0.352 e. The monoisotopic (exact) mass is 416 g/mol. The average molecular weight is 417 g/mol. The van der Waals surface area contributed by atoms with Gasteiger partial charge in [-0.15, -0.1) is 0 Å². The lowest BCUT2D eigenvalue weighted by molar-refractivity contribution is -0.140. The van der Waals surface area contributed by atoms with Crippen molar-refractivity contribution in [2.75, 3.05) is 0 Å². The van der Waals surface area contributed by atoms with Gasteiger partial charge in [0.15, 0.2) is 0 Å². The van der Waals surface area contributed by atoms with E-state index in [-0.39, 0.29) is 24.3 Å². The van der Waals surface area contributed by atoms with Crippen LogP contribution in [0.4, 0.5) is 0 Å². The van der Waals surface area contributed by atoms with Gasteiger partial charge >= 0.3 is 0 Å². The summed E-state index contributed by atoms with van der Waals surface area (Å²) in [6, 6.07) is 16.9. The molecule has 0 aliphatic rings. The normalized spacial score (nSPS) is 11.9. The summed E-state index contributed by atoms with van der Waals surface area (Å²) in [6.45, 7) is 6.00. The molecule has 0 spiro atoms. The number of halogens is 1. The first kappa shape index (κ1) is 20.2. The predicted molar refractivity (Wildman–Crippen MR) is 108 cm³/mol. The van der Waals surface area contributed by atoms with Crippen LogP contribution >= 0.6 is 15.9 Å². The highest BCUT2D eigenvalue weighted by Crippen LogP contribution is 2.15. The second-order valence-corrected chi connectivity index (χ2v) is 7.57.